The van der Waals surface area contributed by atoms with Gasteiger partial charge in [0.2, 0.25) is 11.8 Å². The fourth-order valence-electron chi connectivity index (χ4n) is 7.36. The molecule has 2 aliphatic carbocycles. The standard InChI is InChI=1S/C34H34N2O5/c1-3-20-12-8-13-21(4-2)31(20)35-28(37)19-41-34(40)23-14-9-15-25(16-23)36-32(38)29-24-17-26(22-10-6-5-7-11-22)27(18-24)30(29)33(36)39/h5-16,24,26-27,29-30H,3-4,17-19H2,1-2H3,(H,35,37)/t24-,26+,27+,29+,30+/m0/s1. The minimum Gasteiger partial charge on any atom is -0.452 e. The molecule has 3 fully saturated rings. The van der Waals surface area contributed by atoms with Gasteiger partial charge in [0.1, 0.15) is 0 Å². The average Bonchev–Trinajstić information content (AvgIpc) is 3.67. The number of anilines is 2. The molecule has 210 valence electrons. The van der Waals surface area contributed by atoms with Gasteiger partial charge in [-0.15, -0.1) is 0 Å². The molecule has 0 radical (unpaired) electrons. The van der Waals surface area contributed by atoms with Crippen molar-refractivity contribution in [1.29, 1.82) is 0 Å². The van der Waals surface area contributed by atoms with Crippen molar-refractivity contribution in [3.05, 3.63) is 95.1 Å². The number of carbonyl (C=O) groups excluding carboxylic acids is 4. The van der Waals surface area contributed by atoms with Crippen LogP contribution in [0.5, 0.6) is 0 Å². The highest BCUT2D eigenvalue weighted by atomic mass is 16.5. The lowest BCUT2D eigenvalue weighted by molar-refractivity contribution is -0.123. The van der Waals surface area contributed by atoms with Gasteiger partial charge in [0.25, 0.3) is 5.91 Å². The van der Waals surface area contributed by atoms with E-state index < -0.39 is 18.5 Å². The van der Waals surface area contributed by atoms with Gasteiger partial charge in [0.05, 0.1) is 23.1 Å². The topological polar surface area (TPSA) is 92.8 Å². The number of nitrogens with one attached hydrogen (secondary N) is 1. The number of ether oxygens (including phenoxy) is 1. The van der Waals surface area contributed by atoms with Crippen LogP contribution in [0, 0.1) is 23.7 Å². The SMILES string of the molecule is CCc1cccc(CC)c1NC(=O)COC(=O)c1cccc(N2C(=O)[C@@H]3[C@@H]4C[C@@H]([C@H]3C2=O)[C@@H](c2ccccc2)C4)c1. The smallest absolute Gasteiger partial charge is 0.338 e. The quantitative estimate of drug-likeness (QED) is 0.294. The maximum atomic E-state index is 13.7. The number of carbonyl (C=O) groups is 4. The molecule has 1 heterocycles. The van der Waals surface area contributed by atoms with Crippen LogP contribution in [0.2, 0.25) is 0 Å². The molecular formula is C34H34N2O5. The summed E-state index contributed by atoms with van der Waals surface area (Å²) in [6.45, 7) is 3.60. The second kappa shape index (κ2) is 11.0. The van der Waals surface area contributed by atoms with Crippen LogP contribution >= 0.6 is 0 Å². The van der Waals surface area contributed by atoms with Crippen molar-refractivity contribution in [3.8, 4) is 0 Å². The first-order valence-electron chi connectivity index (χ1n) is 14.5. The Labute approximate surface area is 239 Å². The third kappa shape index (κ3) is 4.73. The van der Waals surface area contributed by atoms with E-state index >= 15 is 0 Å². The first-order chi connectivity index (χ1) is 19.9. The van der Waals surface area contributed by atoms with E-state index in [0.717, 1.165) is 42.5 Å². The van der Waals surface area contributed by atoms with Crippen LogP contribution < -0.4 is 10.2 Å². The highest BCUT2D eigenvalue weighted by Crippen LogP contribution is 2.61. The van der Waals surface area contributed by atoms with Gasteiger partial charge >= 0.3 is 5.97 Å². The maximum absolute atomic E-state index is 13.7. The Hall–Kier alpha value is -4.26. The summed E-state index contributed by atoms with van der Waals surface area (Å²) in [4.78, 5) is 54.0. The number of benzene rings is 3. The van der Waals surface area contributed by atoms with E-state index in [4.69, 9.17) is 4.74 Å². The maximum Gasteiger partial charge on any atom is 0.338 e. The van der Waals surface area contributed by atoms with Crippen LogP contribution in [0.3, 0.4) is 0 Å². The van der Waals surface area contributed by atoms with Gasteiger partial charge in [0.15, 0.2) is 6.61 Å². The van der Waals surface area contributed by atoms with E-state index in [9.17, 15) is 19.2 Å². The summed E-state index contributed by atoms with van der Waals surface area (Å²) in [6.07, 6.45) is 3.34. The predicted octanol–water partition coefficient (Wildman–Crippen LogP) is 5.54. The Bertz CT molecular complexity index is 1490. The number of esters is 1. The monoisotopic (exact) mass is 550 g/mol. The van der Waals surface area contributed by atoms with Crippen LogP contribution in [-0.2, 0) is 32.0 Å². The summed E-state index contributed by atoms with van der Waals surface area (Å²) in [5, 5.41) is 2.89. The molecule has 2 saturated carbocycles. The van der Waals surface area contributed by atoms with Gasteiger partial charge in [-0.25, -0.2) is 4.79 Å². The fourth-order valence-corrected chi connectivity index (χ4v) is 7.36. The van der Waals surface area contributed by atoms with Crippen molar-refractivity contribution < 1.29 is 23.9 Å². The van der Waals surface area contributed by atoms with Crippen LogP contribution in [0.1, 0.15) is 59.7 Å². The lowest BCUT2D eigenvalue weighted by atomic mass is 9.73. The van der Waals surface area contributed by atoms with Gasteiger partial charge in [0, 0.05) is 5.69 Å². The molecule has 7 nitrogen and oxygen atoms in total. The molecule has 0 unspecified atom stereocenters. The van der Waals surface area contributed by atoms with Gasteiger partial charge in [-0.1, -0.05) is 68.4 Å². The first kappa shape index (κ1) is 26.9. The van der Waals surface area contributed by atoms with Crippen LogP contribution in [0.15, 0.2) is 72.8 Å². The third-order valence-corrected chi connectivity index (χ3v) is 9.18. The Morgan fingerprint density at radius 1 is 0.854 bits per heavy atom. The minimum absolute atomic E-state index is 0.145. The molecule has 3 aromatic carbocycles. The van der Waals surface area contributed by atoms with E-state index in [2.05, 4.69) is 17.4 Å². The second-order valence-corrected chi connectivity index (χ2v) is 11.3. The Morgan fingerprint density at radius 2 is 1.54 bits per heavy atom. The zero-order chi connectivity index (χ0) is 28.7. The second-order valence-electron chi connectivity index (χ2n) is 11.3. The van der Waals surface area contributed by atoms with E-state index in [1.165, 1.54) is 16.5 Å². The van der Waals surface area contributed by atoms with Crippen molar-refractivity contribution in [2.45, 2.75) is 45.4 Å². The Morgan fingerprint density at radius 3 is 2.24 bits per heavy atom. The summed E-state index contributed by atoms with van der Waals surface area (Å²) >= 11 is 0. The largest absolute Gasteiger partial charge is 0.452 e. The summed E-state index contributed by atoms with van der Waals surface area (Å²) in [6, 6.07) is 22.5. The molecule has 0 spiro atoms. The van der Waals surface area contributed by atoms with E-state index in [0.29, 0.717) is 5.69 Å². The molecular weight excluding hydrogens is 516 g/mol. The molecule has 1 aliphatic heterocycles. The predicted molar refractivity (Wildman–Crippen MR) is 155 cm³/mol. The zero-order valence-electron chi connectivity index (χ0n) is 23.3. The summed E-state index contributed by atoms with van der Waals surface area (Å²) in [5.74, 6) is -1.48. The summed E-state index contributed by atoms with van der Waals surface area (Å²) in [5.41, 5.74) is 4.58. The number of imide groups is 1. The van der Waals surface area contributed by atoms with Gasteiger partial charge in [-0.05, 0) is 78.3 Å². The van der Waals surface area contributed by atoms with Crippen molar-refractivity contribution in [3.63, 3.8) is 0 Å². The fraction of sp³-hybridized carbons (Fsp3) is 0.353. The number of fused-ring (bicyclic) bond motifs is 5. The highest BCUT2D eigenvalue weighted by molar-refractivity contribution is 6.23. The molecule has 1 saturated heterocycles. The van der Waals surface area contributed by atoms with E-state index in [-0.39, 0.29) is 47.0 Å². The Kier molecular flexibility index (Phi) is 7.20. The number of nitrogens with zero attached hydrogens (tertiary/aromatic N) is 1. The van der Waals surface area contributed by atoms with Gasteiger partial charge in [-0.3, -0.25) is 19.3 Å². The number of hydrogen-bond acceptors (Lipinski definition) is 5. The third-order valence-electron chi connectivity index (χ3n) is 9.18. The van der Waals surface area contributed by atoms with Crippen molar-refractivity contribution >= 4 is 35.1 Å². The number of hydrogen-bond donors (Lipinski definition) is 1. The van der Waals surface area contributed by atoms with Crippen LogP contribution in [-0.4, -0.2) is 30.3 Å². The van der Waals surface area contributed by atoms with Crippen molar-refractivity contribution in [2.24, 2.45) is 23.7 Å². The van der Waals surface area contributed by atoms with Gasteiger partial charge < -0.3 is 10.1 Å². The lowest BCUT2D eigenvalue weighted by Gasteiger charge is -2.28. The van der Waals surface area contributed by atoms with Gasteiger partial charge in [-0.2, -0.15) is 0 Å². The number of amides is 3. The number of aryl methyl sites for hydroxylation is 2. The molecule has 6 rings (SSSR count). The molecule has 1 N–H and O–H groups in total. The molecule has 41 heavy (non-hydrogen) atoms. The van der Waals surface area contributed by atoms with E-state index in [1.807, 2.05) is 50.2 Å². The van der Waals surface area contributed by atoms with Crippen molar-refractivity contribution in [1.82, 2.24) is 0 Å². The minimum atomic E-state index is -0.690. The molecule has 0 aromatic heterocycles. The normalized spacial score (nSPS) is 24.4. The first-order valence-corrected chi connectivity index (χ1v) is 14.5. The zero-order valence-corrected chi connectivity index (χ0v) is 23.3. The molecule has 3 aliphatic rings. The highest BCUT2D eigenvalue weighted by Gasteiger charge is 2.64. The van der Waals surface area contributed by atoms with Crippen LogP contribution in [0.4, 0.5) is 11.4 Å². The average molecular weight is 551 g/mol. The molecule has 3 aromatic rings. The molecule has 3 amide bonds. The lowest BCUT2D eigenvalue weighted by Crippen LogP contribution is -2.33. The number of para-hydroxylation sites is 1. The molecule has 7 heteroatoms. The van der Waals surface area contributed by atoms with Crippen LogP contribution in [0.25, 0.3) is 0 Å². The number of rotatable bonds is 8. The van der Waals surface area contributed by atoms with E-state index in [1.54, 1.807) is 18.2 Å². The Balaban J connectivity index is 1.14. The molecule has 2 bridgehead atoms. The summed E-state index contributed by atoms with van der Waals surface area (Å²) < 4.78 is 5.32. The summed E-state index contributed by atoms with van der Waals surface area (Å²) in [7, 11) is 0. The van der Waals surface area contributed by atoms with Crippen molar-refractivity contribution in [2.75, 3.05) is 16.8 Å². The molecule has 5 atom stereocenters.